The Morgan fingerprint density at radius 2 is 1.22 bits per heavy atom. The van der Waals surface area contributed by atoms with E-state index in [1.54, 1.807) is 0 Å². The molecule has 0 radical (unpaired) electrons. The van der Waals surface area contributed by atoms with Crippen molar-refractivity contribution in [3.05, 3.63) is 0 Å². The molecule has 2 rings (SSSR count). The minimum absolute atomic E-state index is 0.719. The standard InChI is InChI=1S/C3H6O4P2/c1-8-4-3(5-8)6-9(2)7-3/h1-2H3. The summed E-state index contributed by atoms with van der Waals surface area (Å²) in [5.41, 5.74) is 0. The van der Waals surface area contributed by atoms with Gasteiger partial charge in [-0.05, 0) is 0 Å². The summed E-state index contributed by atoms with van der Waals surface area (Å²) in [6, 6.07) is 0. The van der Waals surface area contributed by atoms with Gasteiger partial charge in [-0.3, -0.25) is 18.1 Å². The van der Waals surface area contributed by atoms with Crippen LogP contribution in [0.25, 0.3) is 0 Å². The monoisotopic (exact) mass is 168 g/mol. The van der Waals surface area contributed by atoms with Crippen LogP contribution in [-0.4, -0.2) is 19.5 Å². The largest absolute Gasteiger partial charge is 0.433 e. The Kier molecular flexibility index (Phi) is 1.32. The lowest BCUT2D eigenvalue weighted by molar-refractivity contribution is -0.452. The van der Waals surface area contributed by atoms with Crippen LogP contribution >= 0.6 is 16.8 Å². The Morgan fingerprint density at radius 3 is 1.44 bits per heavy atom. The van der Waals surface area contributed by atoms with Gasteiger partial charge in [0, 0.05) is 13.3 Å². The molecule has 6 heteroatoms. The van der Waals surface area contributed by atoms with Gasteiger partial charge in [-0.2, -0.15) is 0 Å². The summed E-state index contributed by atoms with van der Waals surface area (Å²) < 4.78 is 20.2. The zero-order chi connectivity index (χ0) is 6.48. The molecular formula is C3H6O4P2. The molecule has 0 saturated carbocycles. The summed E-state index contributed by atoms with van der Waals surface area (Å²) >= 11 is 0. The fourth-order valence-electron chi connectivity index (χ4n) is 0.710. The maximum absolute atomic E-state index is 5.05. The fraction of sp³-hybridized carbons (Fsp3) is 1.00. The summed E-state index contributed by atoms with van der Waals surface area (Å²) in [6.45, 7) is 3.70. The molecule has 52 valence electrons. The molecule has 0 unspecified atom stereocenters. The third-order valence-corrected chi connectivity index (χ3v) is 2.88. The molecule has 0 atom stereocenters. The molecule has 9 heavy (non-hydrogen) atoms. The van der Waals surface area contributed by atoms with E-state index in [1.807, 2.05) is 13.3 Å². The average molecular weight is 168 g/mol. The third-order valence-electron chi connectivity index (χ3n) is 0.961. The van der Waals surface area contributed by atoms with E-state index < -0.39 is 22.9 Å². The highest BCUT2D eigenvalue weighted by molar-refractivity contribution is 7.49. The van der Waals surface area contributed by atoms with E-state index in [-0.39, 0.29) is 0 Å². The van der Waals surface area contributed by atoms with Crippen molar-refractivity contribution in [1.82, 2.24) is 0 Å². The molecule has 2 aliphatic rings. The molecule has 0 aromatic carbocycles. The van der Waals surface area contributed by atoms with Crippen molar-refractivity contribution in [2.45, 2.75) is 6.16 Å². The first-order valence-corrected chi connectivity index (χ1v) is 5.69. The number of rotatable bonds is 0. The van der Waals surface area contributed by atoms with Crippen molar-refractivity contribution in [1.29, 1.82) is 0 Å². The van der Waals surface area contributed by atoms with E-state index in [0.29, 0.717) is 0 Å². The quantitative estimate of drug-likeness (QED) is 0.514. The van der Waals surface area contributed by atoms with Crippen molar-refractivity contribution >= 4 is 16.8 Å². The van der Waals surface area contributed by atoms with Crippen molar-refractivity contribution in [2.75, 3.05) is 13.3 Å². The van der Waals surface area contributed by atoms with E-state index in [1.165, 1.54) is 0 Å². The Labute approximate surface area is 55.3 Å². The maximum Gasteiger partial charge on any atom is 0.433 e. The number of hydrogen-bond donors (Lipinski definition) is 0. The highest BCUT2D eigenvalue weighted by Gasteiger charge is 2.60. The molecule has 2 saturated heterocycles. The molecule has 2 aliphatic heterocycles. The Balaban J connectivity index is 1.87. The molecule has 0 bridgehead atoms. The normalized spacial score (nSPS) is 56.7. The van der Waals surface area contributed by atoms with Gasteiger partial charge in [0.2, 0.25) is 0 Å². The molecule has 0 aromatic rings. The van der Waals surface area contributed by atoms with Crippen molar-refractivity contribution in [2.24, 2.45) is 0 Å². The maximum atomic E-state index is 5.05. The second kappa shape index (κ2) is 1.85. The Bertz CT molecular complexity index is 108. The molecule has 4 nitrogen and oxygen atoms in total. The van der Waals surface area contributed by atoms with E-state index in [0.717, 1.165) is 0 Å². The minimum atomic E-state index is -1.05. The SMILES string of the molecule is CP1OC2(O1)OP(C)O2. The molecule has 2 fully saturated rings. The van der Waals surface area contributed by atoms with Crippen LogP contribution in [-0.2, 0) is 18.1 Å². The predicted molar refractivity (Wildman–Crippen MR) is 32.8 cm³/mol. The second-order valence-electron chi connectivity index (χ2n) is 1.74. The van der Waals surface area contributed by atoms with Crippen molar-refractivity contribution in [3.63, 3.8) is 0 Å². The highest BCUT2D eigenvalue weighted by atomic mass is 31.2. The molecule has 0 aromatic heterocycles. The van der Waals surface area contributed by atoms with Gasteiger partial charge in [-0.25, -0.2) is 0 Å². The Hall–Kier alpha value is 0.700. The van der Waals surface area contributed by atoms with Gasteiger partial charge < -0.3 is 0 Å². The van der Waals surface area contributed by atoms with E-state index in [4.69, 9.17) is 18.1 Å². The van der Waals surface area contributed by atoms with Crippen LogP contribution in [0.3, 0.4) is 0 Å². The third kappa shape index (κ3) is 0.911. The molecule has 1 spiro atoms. The van der Waals surface area contributed by atoms with Gasteiger partial charge >= 0.3 is 6.16 Å². The first-order chi connectivity index (χ1) is 4.20. The van der Waals surface area contributed by atoms with E-state index in [9.17, 15) is 0 Å². The highest BCUT2D eigenvalue weighted by Crippen LogP contribution is 2.68. The lowest BCUT2D eigenvalue weighted by Crippen LogP contribution is -2.50. The summed E-state index contributed by atoms with van der Waals surface area (Å²) in [4.78, 5) is 0. The molecule has 0 aliphatic carbocycles. The smallest absolute Gasteiger partial charge is 0.252 e. The zero-order valence-electron chi connectivity index (χ0n) is 5.03. The second-order valence-corrected chi connectivity index (χ2v) is 4.23. The first-order valence-electron chi connectivity index (χ1n) is 2.44. The van der Waals surface area contributed by atoms with Crippen LogP contribution in [0, 0.1) is 0 Å². The average Bonchev–Trinajstić information content (AvgIpc) is 1.58. The first kappa shape index (κ1) is 6.41. The topological polar surface area (TPSA) is 36.9 Å². The van der Waals surface area contributed by atoms with Crippen LogP contribution in [0.2, 0.25) is 0 Å². The van der Waals surface area contributed by atoms with Crippen LogP contribution in [0.5, 0.6) is 0 Å². The van der Waals surface area contributed by atoms with Gasteiger partial charge in [-0.1, -0.05) is 0 Å². The molecule has 2 heterocycles. The van der Waals surface area contributed by atoms with Crippen molar-refractivity contribution < 1.29 is 18.1 Å². The van der Waals surface area contributed by atoms with Gasteiger partial charge in [0.05, 0.1) is 0 Å². The van der Waals surface area contributed by atoms with Crippen LogP contribution < -0.4 is 0 Å². The predicted octanol–water partition coefficient (Wildman–Crippen LogP) is 1.57. The van der Waals surface area contributed by atoms with E-state index >= 15 is 0 Å². The summed E-state index contributed by atoms with van der Waals surface area (Å²) in [5.74, 6) is 0. The summed E-state index contributed by atoms with van der Waals surface area (Å²) in [5, 5.41) is 0. The minimum Gasteiger partial charge on any atom is -0.252 e. The van der Waals surface area contributed by atoms with Crippen molar-refractivity contribution in [3.8, 4) is 0 Å². The van der Waals surface area contributed by atoms with Crippen LogP contribution in [0.15, 0.2) is 0 Å². The van der Waals surface area contributed by atoms with Gasteiger partial charge in [0.25, 0.3) is 0 Å². The molecule has 0 amide bonds. The summed E-state index contributed by atoms with van der Waals surface area (Å²) in [6.07, 6.45) is -1.05. The summed E-state index contributed by atoms with van der Waals surface area (Å²) in [7, 11) is -1.44. The van der Waals surface area contributed by atoms with E-state index in [2.05, 4.69) is 0 Å². The lowest BCUT2D eigenvalue weighted by atomic mass is 11.2. The van der Waals surface area contributed by atoms with Crippen LogP contribution in [0.4, 0.5) is 0 Å². The van der Waals surface area contributed by atoms with Gasteiger partial charge in [0.1, 0.15) is 0 Å². The fourth-order valence-corrected chi connectivity index (χ4v) is 2.53. The zero-order valence-corrected chi connectivity index (χ0v) is 6.82. The lowest BCUT2D eigenvalue weighted by Gasteiger charge is -2.49. The Morgan fingerprint density at radius 1 is 0.889 bits per heavy atom. The molecule has 0 N–H and O–H groups in total. The van der Waals surface area contributed by atoms with Crippen LogP contribution in [0.1, 0.15) is 0 Å². The molecular weight excluding hydrogens is 162 g/mol. The van der Waals surface area contributed by atoms with Gasteiger partial charge in [-0.15, -0.1) is 0 Å². The van der Waals surface area contributed by atoms with Gasteiger partial charge in [0.15, 0.2) is 16.8 Å². The number of hydrogen-bond acceptors (Lipinski definition) is 4.